The van der Waals surface area contributed by atoms with Crippen molar-refractivity contribution in [3.8, 4) is 11.5 Å². The van der Waals surface area contributed by atoms with E-state index in [0.717, 1.165) is 5.56 Å². The quantitative estimate of drug-likeness (QED) is 0.287. The van der Waals surface area contributed by atoms with Gasteiger partial charge in [-0.1, -0.05) is 24.3 Å². The minimum absolute atomic E-state index is 0.153. The lowest BCUT2D eigenvalue weighted by Crippen LogP contribution is -2.03. The predicted molar refractivity (Wildman–Crippen MR) is 114 cm³/mol. The van der Waals surface area contributed by atoms with Gasteiger partial charge in [-0.3, -0.25) is 0 Å². The molecule has 0 saturated heterocycles. The molecule has 7 heteroatoms. The van der Waals surface area contributed by atoms with E-state index in [1.807, 2.05) is 36.4 Å². The number of aromatic nitrogens is 1. The van der Waals surface area contributed by atoms with Gasteiger partial charge < -0.3 is 23.4 Å². The molecule has 0 radical (unpaired) electrons. The van der Waals surface area contributed by atoms with Gasteiger partial charge in [0, 0.05) is 13.2 Å². The lowest BCUT2D eigenvalue weighted by Gasteiger charge is -2.10. The van der Waals surface area contributed by atoms with Crippen LogP contribution in [0.2, 0.25) is 0 Å². The fraction of sp³-hybridized carbons (Fsp3) is 0.217. The smallest absolute Gasteiger partial charge is 0.338 e. The van der Waals surface area contributed by atoms with Gasteiger partial charge in [0.25, 0.3) is 0 Å². The van der Waals surface area contributed by atoms with Crippen molar-refractivity contribution in [1.29, 1.82) is 0 Å². The molecule has 0 amide bonds. The first-order valence-electron chi connectivity index (χ1n) is 9.37. The van der Waals surface area contributed by atoms with Crippen LogP contribution < -0.4 is 9.47 Å². The number of fused-ring (bicyclic) bond motifs is 1. The maximum absolute atomic E-state index is 11.8. The van der Waals surface area contributed by atoms with Crippen molar-refractivity contribution >= 4 is 29.2 Å². The maximum Gasteiger partial charge on any atom is 0.338 e. The highest BCUT2D eigenvalue weighted by Gasteiger charge is 2.10. The van der Waals surface area contributed by atoms with E-state index >= 15 is 0 Å². The van der Waals surface area contributed by atoms with Crippen LogP contribution >= 0.6 is 0 Å². The van der Waals surface area contributed by atoms with Gasteiger partial charge in [-0.25, -0.2) is 9.78 Å². The molecule has 0 aliphatic rings. The molecule has 2 aromatic carbocycles. The van der Waals surface area contributed by atoms with E-state index in [1.54, 1.807) is 45.4 Å². The molecule has 0 spiro atoms. The zero-order valence-electron chi connectivity index (χ0n) is 17.1. The first-order chi connectivity index (χ1) is 14.6. The first-order valence-corrected chi connectivity index (χ1v) is 9.37. The molecular formula is C23H23NO6. The second-order valence-corrected chi connectivity index (χ2v) is 6.13. The van der Waals surface area contributed by atoms with Crippen LogP contribution in [0.5, 0.6) is 11.5 Å². The highest BCUT2D eigenvalue weighted by Crippen LogP contribution is 2.28. The summed E-state index contributed by atoms with van der Waals surface area (Å²) in [6, 6.07) is 10.6. The Hall–Kier alpha value is -3.58. The Balaban J connectivity index is 1.69. The first kappa shape index (κ1) is 21.1. The number of hydrogen-bond donors (Lipinski definition) is 0. The van der Waals surface area contributed by atoms with E-state index in [1.165, 1.54) is 0 Å². The number of methoxy groups -OCH3 is 2. The zero-order chi connectivity index (χ0) is 21.3. The van der Waals surface area contributed by atoms with Gasteiger partial charge in [-0.05, 0) is 42.8 Å². The van der Waals surface area contributed by atoms with Gasteiger partial charge in [0.2, 0.25) is 5.89 Å². The average Bonchev–Trinajstić information content (AvgIpc) is 3.17. The summed E-state index contributed by atoms with van der Waals surface area (Å²) in [5.74, 6) is 1.29. The summed E-state index contributed by atoms with van der Waals surface area (Å²) in [6.07, 6.45) is 7.34. The Kier molecular flexibility index (Phi) is 7.24. The van der Waals surface area contributed by atoms with Crippen LogP contribution in [0.3, 0.4) is 0 Å². The van der Waals surface area contributed by atoms with Crippen molar-refractivity contribution in [3.63, 3.8) is 0 Å². The lowest BCUT2D eigenvalue weighted by molar-refractivity contribution is 0.0491. The van der Waals surface area contributed by atoms with Gasteiger partial charge in [0.05, 0.1) is 19.3 Å². The van der Waals surface area contributed by atoms with E-state index in [-0.39, 0.29) is 12.8 Å². The van der Waals surface area contributed by atoms with Crippen LogP contribution in [0.25, 0.3) is 23.3 Å². The molecule has 1 heterocycles. The fourth-order valence-electron chi connectivity index (χ4n) is 2.69. The van der Waals surface area contributed by atoms with Crippen molar-refractivity contribution in [1.82, 2.24) is 4.98 Å². The van der Waals surface area contributed by atoms with E-state index in [4.69, 9.17) is 23.4 Å². The highest BCUT2D eigenvalue weighted by atomic mass is 16.7. The Bertz CT molecular complexity index is 1070. The molecule has 0 N–H and O–H groups in total. The Morgan fingerprint density at radius 3 is 2.67 bits per heavy atom. The molecule has 0 aliphatic heterocycles. The molecule has 0 fully saturated rings. The standard InChI is InChI=1S/C23H23NO6/c1-4-28-23(25)17-10-12-19-18(14-17)24-22(30-19)8-6-5-7-16-9-11-20(29-15-26-2)21(13-16)27-3/h5-14H,4,15H2,1-3H3/b7-5+,8-6+. The van der Waals surface area contributed by atoms with Crippen molar-refractivity contribution in [2.75, 3.05) is 27.6 Å². The summed E-state index contributed by atoms with van der Waals surface area (Å²) in [5.41, 5.74) is 2.58. The van der Waals surface area contributed by atoms with Crippen molar-refractivity contribution < 1.29 is 28.2 Å². The maximum atomic E-state index is 11.8. The number of rotatable bonds is 9. The average molecular weight is 409 g/mol. The van der Waals surface area contributed by atoms with E-state index < -0.39 is 0 Å². The number of esters is 1. The summed E-state index contributed by atoms with van der Waals surface area (Å²) in [4.78, 5) is 16.2. The highest BCUT2D eigenvalue weighted by molar-refractivity contribution is 5.93. The van der Waals surface area contributed by atoms with Crippen LogP contribution in [0, 0.1) is 0 Å². The minimum Gasteiger partial charge on any atom is -0.493 e. The summed E-state index contributed by atoms with van der Waals surface area (Å²) >= 11 is 0. The third-order valence-electron chi connectivity index (χ3n) is 4.07. The summed E-state index contributed by atoms with van der Waals surface area (Å²) in [5, 5.41) is 0. The van der Waals surface area contributed by atoms with Gasteiger partial charge in [0.15, 0.2) is 23.9 Å². The molecule has 1 aromatic heterocycles. The summed E-state index contributed by atoms with van der Waals surface area (Å²) in [6.45, 7) is 2.24. The molecule has 156 valence electrons. The van der Waals surface area contributed by atoms with Crippen LogP contribution in [0.15, 0.2) is 53.0 Å². The molecule has 0 saturated carbocycles. The van der Waals surface area contributed by atoms with E-state index in [9.17, 15) is 4.79 Å². The number of allylic oxidation sites excluding steroid dienone is 2. The third-order valence-corrected chi connectivity index (χ3v) is 4.07. The van der Waals surface area contributed by atoms with Crippen molar-refractivity contribution in [3.05, 3.63) is 65.6 Å². The molecular weight excluding hydrogens is 386 g/mol. The fourth-order valence-corrected chi connectivity index (χ4v) is 2.69. The van der Waals surface area contributed by atoms with Gasteiger partial charge >= 0.3 is 5.97 Å². The monoisotopic (exact) mass is 409 g/mol. The Morgan fingerprint density at radius 1 is 1.07 bits per heavy atom. The van der Waals surface area contributed by atoms with Crippen molar-refractivity contribution in [2.45, 2.75) is 6.92 Å². The number of oxazole rings is 1. The van der Waals surface area contributed by atoms with Gasteiger partial charge in [0.1, 0.15) is 5.52 Å². The summed E-state index contributed by atoms with van der Waals surface area (Å²) in [7, 11) is 3.15. The second-order valence-electron chi connectivity index (χ2n) is 6.13. The normalized spacial score (nSPS) is 11.4. The number of carbonyl (C=O) groups excluding carboxylic acids is 1. The van der Waals surface area contributed by atoms with Crippen LogP contribution in [-0.4, -0.2) is 38.6 Å². The van der Waals surface area contributed by atoms with Crippen LogP contribution in [0.1, 0.15) is 28.7 Å². The molecule has 0 bridgehead atoms. The van der Waals surface area contributed by atoms with E-state index in [0.29, 0.717) is 40.7 Å². The van der Waals surface area contributed by atoms with E-state index in [2.05, 4.69) is 4.98 Å². The Morgan fingerprint density at radius 2 is 1.90 bits per heavy atom. The number of hydrogen-bond acceptors (Lipinski definition) is 7. The lowest BCUT2D eigenvalue weighted by atomic mass is 10.2. The molecule has 0 aliphatic carbocycles. The second kappa shape index (κ2) is 10.3. The number of carbonyl (C=O) groups is 1. The van der Waals surface area contributed by atoms with Crippen molar-refractivity contribution in [2.24, 2.45) is 0 Å². The molecule has 3 rings (SSSR count). The van der Waals surface area contributed by atoms with Gasteiger partial charge in [-0.2, -0.15) is 0 Å². The molecule has 3 aromatic rings. The van der Waals surface area contributed by atoms with Crippen LogP contribution in [0.4, 0.5) is 0 Å². The molecule has 0 atom stereocenters. The summed E-state index contributed by atoms with van der Waals surface area (Å²) < 4.78 is 26.4. The number of benzene rings is 2. The number of nitrogens with zero attached hydrogens (tertiary/aromatic N) is 1. The topological polar surface area (TPSA) is 80.0 Å². The molecule has 0 unspecified atom stereocenters. The van der Waals surface area contributed by atoms with Crippen LogP contribution in [-0.2, 0) is 9.47 Å². The SMILES string of the molecule is CCOC(=O)c1ccc2oc(/C=C/C=C/c3ccc(OCOC)c(OC)c3)nc2c1. The molecule has 30 heavy (non-hydrogen) atoms. The largest absolute Gasteiger partial charge is 0.493 e. The Labute approximate surface area is 174 Å². The zero-order valence-corrected chi connectivity index (χ0v) is 17.1. The predicted octanol–water partition coefficient (Wildman–Crippen LogP) is 4.72. The molecule has 7 nitrogen and oxygen atoms in total. The van der Waals surface area contributed by atoms with Gasteiger partial charge in [-0.15, -0.1) is 0 Å². The third kappa shape index (κ3) is 5.27. The number of ether oxygens (including phenoxy) is 4. The minimum atomic E-state index is -0.378.